The maximum atomic E-state index is 13.2. The van der Waals surface area contributed by atoms with Crippen LogP contribution in [0.4, 0.5) is 17.1 Å². The minimum atomic E-state index is -0.788. The van der Waals surface area contributed by atoms with Crippen LogP contribution < -0.4 is 34.6 Å². The number of carboxylic acids is 1. The van der Waals surface area contributed by atoms with E-state index < -0.39 is 5.97 Å². The Labute approximate surface area is 622 Å². The van der Waals surface area contributed by atoms with Gasteiger partial charge in [0.1, 0.15) is 17.2 Å². The van der Waals surface area contributed by atoms with Gasteiger partial charge in [-0.3, -0.25) is 33.6 Å². The van der Waals surface area contributed by atoms with Crippen molar-refractivity contribution in [1.29, 1.82) is 0 Å². The zero-order valence-corrected chi connectivity index (χ0v) is 62.1. The lowest BCUT2D eigenvalue weighted by Gasteiger charge is -2.32. The van der Waals surface area contributed by atoms with Gasteiger partial charge in [0.25, 0.3) is 0 Å². The molecule has 6 aliphatic heterocycles. The number of carboxylic acid groups (broad SMARTS) is 1. The van der Waals surface area contributed by atoms with Gasteiger partial charge >= 0.3 is 5.97 Å². The lowest BCUT2D eigenvalue weighted by atomic mass is 9.95. The normalized spacial score (nSPS) is 18.6. The summed E-state index contributed by atoms with van der Waals surface area (Å²) in [6.07, 6.45) is 4.78. The Morgan fingerprint density at radius 1 is 0.439 bits per heavy atom. The summed E-state index contributed by atoms with van der Waals surface area (Å²) in [6, 6.07) is 39.9. The number of rotatable bonds is 15. The van der Waals surface area contributed by atoms with Gasteiger partial charge in [-0.05, 0) is 223 Å². The topological polar surface area (TPSA) is 323 Å². The molecule has 6 fully saturated rings. The molecule has 26 nitrogen and oxygen atoms in total. The number of piperidine rings is 3. The quantitative estimate of drug-likeness (QED) is 0.0371. The van der Waals surface area contributed by atoms with Crippen molar-refractivity contribution >= 4 is 64.3 Å². The Morgan fingerprint density at radius 3 is 1.04 bits per heavy atom. The van der Waals surface area contributed by atoms with E-state index in [4.69, 9.17) is 39.3 Å². The molecule has 0 aliphatic carbocycles. The number of carbonyl (C=O) groups is 7. The van der Waals surface area contributed by atoms with E-state index in [1.165, 1.54) is 16.7 Å². The summed E-state index contributed by atoms with van der Waals surface area (Å²) in [6.45, 7) is 16.9. The number of benzene rings is 6. The average molecular weight is 1460 g/mol. The van der Waals surface area contributed by atoms with Gasteiger partial charge in [-0.2, -0.15) is 9.97 Å². The third-order valence-electron chi connectivity index (χ3n) is 21.4. The van der Waals surface area contributed by atoms with E-state index in [2.05, 4.69) is 39.3 Å². The van der Waals surface area contributed by atoms with Crippen LogP contribution in [0.1, 0.15) is 120 Å². The number of carbonyl (C=O) groups excluding carboxylic acids is 6. The first-order chi connectivity index (χ1) is 51.5. The van der Waals surface area contributed by atoms with E-state index in [0.29, 0.717) is 101 Å². The maximum Gasteiger partial charge on any atom is 0.306 e. The SMILES string of the molecule is COc1ccc(-c2noc(C3CCN(C(=O)[C@@H]4CC(=O)N(c5ccc(C)c(C)c5)C4)CC3)n2)cc1.COc1ccc(-c2noc(C3CCN(C(=O)[C@H]4CC(=O)N(c5ccc(C)c(C)c5)C4)CC3)n2)cc1.COc1ccc(C(N)=NO)cc1.Cc1ccc(N2CC(C(=O)N3CCC(C(=O)O)CC3)CC2=O)cc1C. The maximum absolute atomic E-state index is 13.2. The highest BCUT2D eigenvalue weighted by Crippen LogP contribution is 2.36. The molecular formula is C81H94N12O14. The van der Waals surface area contributed by atoms with E-state index in [1.54, 1.807) is 65.2 Å². The predicted octanol–water partition coefficient (Wildman–Crippen LogP) is 11.0. The lowest BCUT2D eigenvalue weighted by Crippen LogP contribution is -2.43. The summed E-state index contributed by atoms with van der Waals surface area (Å²) in [7, 11) is 4.84. The van der Waals surface area contributed by atoms with E-state index in [-0.39, 0.29) is 96.0 Å². The predicted molar refractivity (Wildman–Crippen MR) is 401 cm³/mol. The molecule has 2 aromatic heterocycles. The van der Waals surface area contributed by atoms with Gasteiger partial charge in [-0.25, -0.2) is 0 Å². The van der Waals surface area contributed by atoms with Crippen LogP contribution in [0.5, 0.6) is 17.2 Å². The summed E-state index contributed by atoms with van der Waals surface area (Å²) in [5.74, 6) is 2.97. The fourth-order valence-electron chi connectivity index (χ4n) is 14.2. The number of aryl methyl sites for hydroxylation is 6. The highest BCUT2D eigenvalue weighted by atomic mass is 16.5. The molecule has 8 heterocycles. The second-order valence-corrected chi connectivity index (χ2v) is 28.2. The standard InChI is InChI=1S/2C27H30N4O4.C19H24N2O4.C8H10N2O2/c2*1-17-4-7-22(14-18(17)2)31-16-21(15-24(31)32)27(33)30-12-10-20(11-13-30)26-28-25(29-35-26)19-5-8-23(34-3)9-6-19;1-12-3-4-16(9-13(12)2)21-11-15(10-17(21)22)18(23)20-7-5-14(6-8-20)19(24)25;1-12-7-4-2-6(3-5-7)8(9)10-11/h2*4-9,14,20-21H,10-13,15-16H2,1-3H3;3-4,9,14-15H,5-8,10-11H2,1-2H3,(H,24,25);2-5,11H,1H3,(H2,9,10)/t2*21-;;/m10../s1. The van der Waals surface area contributed by atoms with Crippen LogP contribution in [0, 0.1) is 65.2 Å². The Balaban J connectivity index is 0.000000150. The molecule has 6 aliphatic rings. The van der Waals surface area contributed by atoms with E-state index in [1.807, 2.05) is 141 Å². The molecule has 0 bridgehead atoms. The summed E-state index contributed by atoms with van der Waals surface area (Å²) >= 11 is 0. The van der Waals surface area contributed by atoms with Gasteiger partial charge in [-0.15, -0.1) is 0 Å². The number of aliphatic carboxylic acids is 1. The van der Waals surface area contributed by atoms with Crippen molar-refractivity contribution in [2.75, 3.05) is 94.9 Å². The highest BCUT2D eigenvalue weighted by Gasteiger charge is 2.42. The smallest absolute Gasteiger partial charge is 0.306 e. The van der Waals surface area contributed by atoms with Crippen LogP contribution in [0.3, 0.4) is 0 Å². The van der Waals surface area contributed by atoms with Gasteiger partial charge in [0.05, 0.1) is 45.0 Å². The summed E-state index contributed by atoms with van der Waals surface area (Å²) in [4.78, 5) is 108. The number of methoxy groups -OCH3 is 3. The number of amidine groups is 1. The van der Waals surface area contributed by atoms with Crippen molar-refractivity contribution in [3.05, 3.63) is 178 Å². The number of likely N-dealkylation sites (tertiary alicyclic amines) is 3. The number of nitrogens with zero attached hydrogens (tertiary/aromatic N) is 11. The number of amides is 6. The first kappa shape index (κ1) is 76.7. The molecule has 26 heteroatoms. The third-order valence-corrected chi connectivity index (χ3v) is 21.4. The van der Waals surface area contributed by atoms with Crippen LogP contribution in [0.15, 0.2) is 142 Å². The monoisotopic (exact) mass is 1460 g/mol. The molecular weight excluding hydrogens is 1360 g/mol. The van der Waals surface area contributed by atoms with Gasteiger partial charge in [0, 0.05) is 124 Å². The number of ether oxygens (including phenoxy) is 3. The second kappa shape index (κ2) is 34.6. The second-order valence-electron chi connectivity index (χ2n) is 28.2. The molecule has 14 rings (SSSR count). The number of nitrogens with two attached hydrogens (primary N) is 1. The zero-order chi connectivity index (χ0) is 76.2. The van der Waals surface area contributed by atoms with Crippen LogP contribution in [0.25, 0.3) is 22.8 Å². The Hall–Kier alpha value is -11.4. The van der Waals surface area contributed by atoms with Crippen molar-refractivity contribution in [3.8, 4) is 40.0 Å². The molecule has 6 aromatic carbocycles. The van der Waals surface area contributed by atoms with Crippen molar-refractivity contribution in [2.24, 2.45) is 34.6 Å². The molecule has 0 radical (unpaired) electrons. The third kappa shape index (κ3) is 18.4. The Morgan fingerprint density at radius 2 is 0.748 bits per heavy atom. The molecule has 0 saturated carbocycles. The van der Waals surface area contributed by atoms with E-state index in [9.17, 15) is 33.6 Å². The zero-order valence-electron chi connectivity index (χ0n) is 62.1. The number of aromatic nitrogens is 4. The van der Waals surface area contributed by atoms with Gasteiger partial charge in [0.15, 0.2) is 5.84 Å². The Bertz CT molecular complexity index is 4320. The van der Waals surface area contributed by atoms with Crippen molar-refractivity contribution in [3.63, 3.8) is 0 Å². The van der Waals surface area contributed by atoms with E-state index >= 15 is 0 Å². The largest absolute Gasteiger partial charge is 0.497 e. The average Bonchev–Trinajstić information content (AvgIpc) is 1.69. The summed E-state index contributed by atoms with van der Waals surface area (Å²) < 4.78 is 26.5. The molecule has 8 aromatic rings. The Kier molecular flexibility index (Phi) is 24.8. The van der Waals surface area contributed by atoms with Gasteiger partial charge in [-0.1, -0.05) is 33.7 Å². The number of anilines is 3. The fraction of sp³-hybridized carbons (Fsp3) is 0.407. The molecule has 4 N–H and O–H groups in total. The van der Waals surface area contributed by atoms with Gasteiger partial charge < -0.3 is 68.7 Å². The fourth-order valence-corrected chi connectivity index (χ4v) is 14.2. The molecule has 6 amide bonds. The molecule has 6 saturated heterocycles. The van der Waals surface area contributed by atoms with Gasteiger partial charge in [0.2, 0.25) is 58.9 Å². The molecule has 0 spiro atoms. The van der Waals surface area contributed by atoms with E-state index in [0.717, 1.165) is 87.8 Å². The van der Waals surface area contributed by atoms with Crippen LogP contribution >= 0.6 is 0 Å². The van der Waals surface area contributed by atoms with Crippen molar-refractivity contribution in [1.82, 2.24) is 35.0 Å². The first-order valence-electron chi connectivity index (χ1n) is 36.3. The molecule has 562 valence electrons. The lowest BCUT2D eigenvalue weighted by molar-refractivity contribution is -0.146. The minimum absolute atomic E-state index is 0.0124. The summed E-state index contributed by atoms with van der Waals surface area (Å²) in [5.41, 5.74) is 17.3. The first-order valence-corrected chi connectivity index (χ1v) is 36.3. The number of hydrogen-bond acceptors (Lipinski definition) is 18. The van der Waals surface area contributed by atoms with Crippen molar-refractivity contribution in [2.45, 2.75) is 111 Å². The molecule has 107 heavy (non-hydrogen) atoms. The van der Waals surface area contributed by atoms with Crippen LogP contribution in [-0.2, 0) is 33.6 Å². The minimum Gasteiger partial charge on any atom is -0.497 e. The molecule has 1 unspecified atom stereocenters. The number of hydrogen-bond donors (Lipinski definition) is 3. The number of oxime groups is 1. The molecule has 3 atom stereocenters. The van der Waals surface area contributed by atoms with Crippen LogP contribution in [-0.4, -0.2) is 173 Å². The summed E-state index contributed by atoms with van der Waals surface area (Å²) in [5, 5.41) is 28.6. The van der Waals surface area contributed by atoms with Crippen molar-refractivity contribution < 1.29 is 67.1 Å². The van der Waals surface area contributed by atoms with Crippen LogP contribution in [0.2, 0.25) is 0 Å². The highest BCUT2D eigenvalue weighted by molar-refractivity contribution is 6.02.